The van der Waals surface area contributed by atoms with Gasteiger partial charge in [0, 0.05) is 30.4 Å². The summed E-state index contributed by atoms with van der Waals surface area (Å²) in [6, 6.07) is 15.8. The molecule has 0 fully saturated rings. The molecule has 10 nitrogen and oxygen atoms in total. The van der Waals surface area contributed by atoms with Gasteiger partial charge < -0.3 is 18.9 Å². The predicted octanol–water partition coefficient (Wildman–Crippen LogP) is 7.50. The van der Waals surface area contributed by atoms with Crippen molar-refractivity contribution in [2.75, 3.05) is 28.4 Å². The van der Waals surface area contributed by atoms with Crippen LogP contribution in [0.25, 0.3) is 33.4 Å². The number of ether oxygens (including phenoxy) is 4. The van der Waals surface area contributed by atoms with Crippen LogP contribution >= 0.6 is 0 Å². The molecule has 0 atom stereocenters. The van der Waals surface area contributed by atoms with E-state index in [0.717, 1.165) is 22.3 Å². The summed E-state index contributed by atoms with van der Waals surface area (Å²) in [7, 11) is 5.93. The molecule has 49 heavy (non-hydrogen) atoms. The topological polar surface area (TPSA) is 114 Å². The minimum atomic E-state index is -0.319. The molecule has 0 radical (unpaired) electrons. The Bertz CT molecular complexity index is 2000. The maximum absolute atomic E-state index is 13.3. The number of halogens is 3. The van der Waals surface area contributed by atoms with Crippen molar-refractivity contribution in [1.29, 1.82) is 0 Å². The summed E-state index contributed by atoms with van der Waals surface area (Å²) in [4.78, 5) is 23.9. The summed E-state index contributed by atoms with van der Waals surface area (Å²) in [6.07, 6.45) is 7.91. The van der Waals surface area contributed by atoms with Crippen LogP contribution < -0.4 is 18.9 Å². The molecule has 0 aliphatic heterocycles. The van der Waals surface area contributed by atoms with Gasteiger partial charge in [0.15, 0.2) is 0 Å². The number of methoxy groups -OCH3 is 4. The Kier molecular flexibility index (Phi) is 12.5. The van der Waals surface area contributed by atoms with Gasteiger partial charge in [-0.15, -0.1) is 0 Å². The van der Waals surface area contributed by atoms with Crippen LogP contribution in [-0.4, -0.2) is 58.3 Å². The van der Waals surface area contributed by atoms with E-state index in [-0.39, 0.29) is 29.5 Å². The van der Waals surface area contributed by atoms with E-state index >= 15 is 0 Å². The van der Waals surface area contributed by atoms with Gasteiger partial charge in [-0.2, -0.15) is 9.97 Å². The van der Waals surface area contributed by atoms with Gasteiger partial charge in [0.2, 0.25) is 11.8 Å². The Hall–Kier alpha value is -6.11. The molecule has 0 aliphatic carbocycles. The highest BCUT2D eigenvalue weighted by atomic mass is 19.1. The number of benzene rings is 3. The van der Waals surface area contributed by atoms with Crippen LogP contribution in [0.2, 0.25) is 0 Å². The molecule has 0 N–H and O–H groups in total. The van der Waals surface area contributed by atoms with Crippen LogP contribution in [0.4, 0.5) is 13.2 Å². The molecule has 3 heterocycles. The lowest BCUT2D eigenvalue weighted by Crippen LogP contribution is -1.98. The maximum atomic E-state index is 13.3. The highest BCUT2D eigenvalue weighted by molar-refractivity contribution is 5.71. The second-order valence-corrected chi connectivity index (χ2v) is 10.1. The molecule has 0 spiro atoms. The molecular formula is C36H33F3N6O4. The van der Waals surface area contributed by atoms with Crippen molar-refractivity contribution in [3.63, 3.8) is 0 Å². The first-order valence-corrected chi connectivity index (χ1v) is 14.6. The summed E-state index contributed by atoms with van der Waals surface area (Å²) >= 11 is 0. The van der Waals surface area contributed by atoms with E-state index in [4.69, 9.17) is 18.9 Å². The first-order chi connectivity index (χ1) is 23.7. The zero-order chi connectivity index (χ0) is 35.3. The molecule has 0 saturated heterocycles. The number of rotatable bonds is 7. The van der Waals surface area contributed by atoms with Crippen molar-refractivity contribution >= 4 is 0 Å². The van der Waals surface area contributed by atoms with E-state index in [1.807, 2.05) is 13.8 Å². The summed E-state index contributed by atoms with van der Waals surface area (Å²) in [5, 5.41) is 0. The molecule has 3 aromatic heterocycles. The van der Waals surface area contributed by atoms with Gasteiger partial charge in [0.1, 0.15) is 23.8 Å². The zero-order valence-corrected chi connectivity index (χ0v) is 27.6. The first-order valence-electron chi connectivity index (χ1n) is 14.6. The van der Waals surface area contributed by atoms with Crippen LogP contribution in [0.15, 0.2) is 91.8 Å². The van der Waals surface area contributed by atoms with E-state index < -0.39 is 0 Å². The van der Waals surface area contributed by atoms with E-state index in [1.165, 1.54) is 71.2 Å². The van der Waals surface area contributed by atoms with Crippen molar-refractivity contribution in [2.24, 2.45) is 0 Å². The van der Waals surface area contributed by atoms with Crippen LogP contribution in [0.3, 0.4) is 0 Å². The van der Waals surface area contributed by atoms with Gasteiger partial charge in [-0.25, -0.2) is 33.1 Å². The van der Waals surface area contributed by atoms with Crippen molar-refractivity contribution in [3.8, 4) is 57.2 Å². The molecule has 0 bridgehead atoms. The molecule has 0 amide bonds. The van der Waals surface area contributed by atoms with Crippen molar-refractivity contribution in [2.45, 2.75) is 13.8 Å². The summed E-state index contributed by atoms with van der Waals surface area (Å²) in [5.74, 6) is -0.165. The monoisotopic (exact) mass is 670 g/mol. The average molecular weight is 671 g/mol. The Balaban J connectivity index is 0.000000167. The van der Waals surface area contributed by atoms with Crippen LogP contribution in [0, 0.1) is 31.3 Å². The summed E-state index contributed by atoms with van der Waals surface area (Å²) in [5.41, 5.74) is 6.22. The maximum Gasteiger partial charge on any atom is 0.319 e. The van der Waals surface area contributed by atoms with Crippen LogP contribution in [-0.2, 0) is 0 Å². The van der Waals surface area contributed by atoms with Crippen molar-refractivity contribution < 1.29 is 32.1 Å². The quantitative estimate of drug-likeness (QED) is 0.169. The summed E-state index contributed by atoms with van der Waals surface area (Å²) < 4.78 is 59.6. The van der Waals surface area contributed by atoms with E-state index in [1.54, 1.807) is 49.1 Å². The lowest BCUT2D eigenvalue weighted by Gasteiger charge is -2.10. The normalized spacial score (nSPS) is 10.1. The van der Waals surface area contributed by atoms with Crippen LogP contribution in [0.5, 0.6) is 23.8 Å². The SMILES string of the molecule is COc1ncc(-c2cc(F)ccc2C)c(OC)n1.COc1ncc(-c2cccc(F)c2)c(OC)n1.Cc1ccc(F)cc1-c1cncnc1. The Morgan fingerprint density at radius 3 is 1.55 bits per heavy atom. The fraction of sp³-hybridized carbons (Fsp3) is 0.167. The molecule has 0 saturated carbocycles. The Morgan fingerprint density at radius 2 is 1.00 bits per heavy atom. The fourth-order valence-corrected chi connectivity index (χ4v) is 4.48. The standard InChI is InChI=1S/C13H13FN2O2.C12H11FN2O2.C11H9FN2/c1-8-4-5-9(14)6-10(8)11-7-15-13(18-3)16-12(11)17-2;1-16-11-10(7-14-12(15-11)17-2)8-4-3-5-9(13)6-8;1-8-2-3-10(12)4-11(8)9-5-13-7-14-6-9/h4-7H,1-3H3;3-7H,1-2H3;2-7H,1H3. The smallest absolute Gasteiger partial charge is 0.319 e. The minimum absolute atomic E-state index is 0.210. The highest BCUT2D eigenvalue weighted by Gasteiger charge is 2.13. The number of hydrogen-bond acceptors (Lipinski definition) is 10. The van der Waals surface area contributed by atoms with Crippen molar-refractivity contribution in [3.05, 3.63) is 120 Å². The largest absolute Gasteiger partial charge is 0.480 e. The Morgan fingerprint density at radius 1 is 0.490 bits per heavy atom. The second-order valence-electron chi connectivity index (χ2n) is 10.1. The van der Waals surface area contributed by atoms with Gasteiger partial charge >= 0.3 is 12.0 Å². The van der Waals surface area contributed by atoms with E-state index in [2.05, 4.69) is 29.9 Å². The average Bonchev–Trinajstić information content (AvgIpc) is 3.14. The number of nitrogens with zero attached hydrogens (tertiary/aromatic N) is 6. The lowest BCUT2D eigenvalue weighted by atomic mass is 10.0. The summed E-state index contributed by atoms with van der Waals surface area (Å²) in [6.45, 7) is 3.82. The number of aromatic nitrogens is 6. The molecule has 3 aromatic carbocycles. The second kappa shape index (κ2) is 17.2. The molecule has 0 aliphatic rings. The third-order valence-corrected chi connectivity index (χ3v) is 6.91. The van der Waals surface area contributed by atoms with Crippen molar-refractivity contribution in [1.82, 2.24) is 29.9 Å². The first kappa shape index (κ1) is 35.7. The molecule has 252 valence electrons. The lowest BCUT2D eigenvalue weighted by molar-refractivity contribution is 0.353. The Labute approximate surface area is 281 Å². The molecule has 6 rings (SSSR count). The van der Waals surface area contributed by atoms with Gasteiger partial charge in [-0.3, -0.25) is 0 Å². The molecule has 0 unspecified atom stereocenters. The van der Waals surface area contributed by atoms with Gasteiger partial charge in [-0.05, 0) is 78.1 Å². The fourth-order valence-electron chi connectivity index (χ4n) is 4.48. The highest BCUT2D eigenvalue weighted by Crippen LogP contribution is 2.32. The molecular weight excluding hydrogens is 637 g/mol. The van der Waals surface area contributed by atoms with Gasteiger partial charge in [0.25, 0.3) is 0 Å². The van der Waals surface area contributed by atoms with Crippen LogP contribution in [0.1, 0.15) is 11.1 Å². The van der Waals surface area contributed by atoms with E-state index in [0.29, 0.717) is 34.0 Å². The van der Waals surface area contributed by atoms with E-state index in [9.17, 15) is 13.2 Å². The number of aryl methyl sites for hydroxylation is 2. The predicted molar refractivity (Wildman–Crippen MR) is 178 cm³/mol. The third-order valence-electron chi connectivity index (χ3n) is 6.91. The van der Waals surface area contributed by atoms with Gasteiger partial charge in [0.05, 0.1) is 39.6 Å². The molecule has 6 aromatic rings. The van der Waals surface area contributed by atoms with Gasteiger partial charge in [-0.1, -0.05) is 24.3 Å². The minimum Gasteiger partial charge on any atom is -0.480 e. The molecule has 13 heteroatoms. The number of hydrogen-bond donors (Lipinski definition) is 0. The third kappa shape index (κ3) is 9.47. The zero-order valence-electron chi connectivity index (χ0n) is 27.6.